The zero-order valence-electron chi connectivity index (χ0n) is 12.9. The second kappa shape index (κ2) is 7.86. The first-order valence-electron chi connectivity index (χ1n) is 7.50. The SMILES string of the molecule is O=C(COc1ccc(-n2cccn2)nn1)NCCCn1ccnc1. The summed E-state index contributed by atoms with van der Waals surface area (Å²) in [5.74, 6) is 0.675. The Bertz CT molecular complexity index is 739. The third kappa shape index (κ3) is 4.38. The predicted molar refractivity (Wildman–Crippen MR) is 84.5 cm³/mol. The highest BCUT2D eigenvalue weighted by molar-refractivity contribution is 5.77. The van der Waals surface area contributed by atoms with Gasteiger partial charge in [0.2, 0.25) is 5.88 Å². The van der Waals surface area contributed by atoms with Crippen molar-refractivity contribution in [1.82, 2.24) is 34.8 Å². The molecule has 1 amide bonds. The minimum absolute atomic E-state index is 0.0964. The summed E-state index contributed by atoms with van der Waals surface area (Å²) in [7, 11) is 0. The van der Waals surface area contributed by atoms with Gasteiger partial charge in [0.1, 0.15) is 0 Å². The van der Waals surface area contributed by atoms with Crippen LogP contribution in [0.2, 0.25) is 0 Å². The standard InChI is InChI=1S/C15H17N7O2/c23-14(17-5-1-8-21-10-7-16-12-21)11-24-15-4-3-13(19-20-15)22-9-2-6-18-22/h2-4,6-7,9-10,12H,1,5,8,11H2,(H,17,23). The number of carbonyl (C=O) groups excluding carboxylic acids is 1. The van der Waals surface area contributed by atoms with Crippen molar-refractivity contribution in [3.63, 3.8) is 0 Å². The van der Waals surface area contributed by atoms with Gasteiger partial charge in [-0.15, -0.1) is 10.2 Å². The number of imidazole rings is 1. The van der Waals surface area contributed by atoms with E-state index in [4.69, 9.17) is 4.74 Å². The molecule has 0 bridgehead atoms. The Kier molecular flexibility index (Phi) is 5.13. The first-order chi connectivity index (χ1) is 11.8. The fourth-order valence-corrected chi connectivity index (χ4v) is 2.02. The van der Waals surface area contributed by atoms with Gasteiger partial charge in [-0.1, -0.05) is 0 Å². The van der Waals surface area contributed by atoms with Gasteiger partial charge in [0.25, 0.3) is 5.91 Å². The van der Waals surface area contributed by atoms with E-state index in [1.807, 2.05) is 10.8 Å². The minimum Gasteiger partial charge on any atom is -0.466 e. The number of amides is 1. The van der Waals surface area contributed by atoms with Gasteiger partial charge in [0, 0.05) is 43.9 Å². The maximum Gasteiger partial charge on any atom is 0.258 e. The Hall–Kier alpha value is -3.23. The molecule has 0 unspecified atom stereocenters. The average molecular weight is 327 g/mol. The van der Waals surface area contributed by atoms with Gasteiger partial charge in [0.05, 0.1) is 6.33 Å². The number of hydrogen-bond donors (Lipinski definition) is 1. The smallest absolute Gasteiger partial charge is 0.258 e. The van der Waals surface area contributed by atoms with Crippen LogP contribution in [0.5, 0.6) is 5.88 Å². The van der Waals surface area contributed by atoms with Crippen molar-refractivity contribution < 1.29 is 9.53 Å². The van der Waals surface area contributed by atoms with Gasteiger partial charge in [-0.05, 0) is 18.6 Å². The second-order valence-electron chi connectivity index (χ2n) is 4.97. The van der Waals surface area contributed by atoms with E-state index >= 15 is 0 Å². The van der Waals surface area contributed by atoms with Gasteiger partial charge in [-0.2, -0.15) is 5.10 Å². The number of carbonyl (C=O) groups is 1. The highest BCUT2D eigenvalue weighted by atomic mass is 16.5. The van der Waals surface area contributed by atoms with E-state index < -0.39 is 0 Å². The Morgan fingerprint density at radius 3 is 2.88 bits per heavy atom. The molecule has 0 radical (unpaired) electrons. The molecule has 3 aromatic heterocycles. The maximum absolute atomic E-state index is 11.7. The summed E-state index contributed by atoms with van der Waals surface area (Å²) in [6.45, 7) is 1.28. The summed E-state index contributed by atoms with van der Waals surface area (Å²) in [4.78, 5) is 15.7. The second-order valence-corrected chi connectivity index (χ2v) is 4.97. The first kappa shape index (κ1) is 15.7. The molecule has 1 N–H and O–H groups in total. The van der Waals surface area contributed by atoms with Crippen LogP contribution >= 0.6 is 0 Å². The Labute approximate surface area is 138 Å². The van der Waals surface area contributed by atoms with Crippen molar-refractivity contribution in [1.29, 1.82) is 0 Å². The lowest BCUT2D eigenvalue weighted by atomic mass is 10.4. The molecule has 3 heterocycles. The summed E-state index contributed by atoms with van der Waals surface area (Å²) in [6.07, 6.45) is 9.60. The van der Waals surface area contributed by atoms with Gasteiger partial charge < -0.3 is 14.6 Å². The van der Waals surface area contributed by atoms with E-state index in [9.17, 15) is 4.79 Å². The zero-order chi connectivity index (χ0) is 16.6. The number of nitrogens with one attached hydrogen (secondary N) is 1. The van der Waals surface area contributed by atoms with Crippen LogP contribution in [0.1, 0.15) is 6.42 Å². The molecule has 0 fully saturated rings. The predicted octanol–water partition coefficient (Wildman–Crippen LogP) is 0.444. The summed E-state index contributed by atoms with van der Waals surface area (Å²) >= 11 is 0. The van der Waals surface area contributed by atoms with Crippen LogP contribution in [-0.2, 0) is 11.3 Å². The molecule has 0 aromatic carbocycles. The maximum atomic E-state index is 11.7. The van der Waals surface area contributed by atoms with Crippen LogP contribution in [0, 0.1) is 0 Å². The van der Waals surface area contributed by atoms with Crippen LogP contribution < -0.4 is 10.1 Å². The van der Waals surface area contributed by atoms with E-state index in [0.29, 0.717) is 18.2 Å². The molecule has 0 saturated heterocycles. The molecule has 0 aliphatic heterocycles. The van der Waals surface area contributed by atoms with Crippen molar-refractivity contribution in [3.05, 3.63) is 49.3 Å². The molecule has 0 saturated carbocycles. The summed E-state index contributed by atoms with van der Waals surface area (Å²) in [6, 6.07) is 5.16. The van der Waals surface area contributed by atoms with Crippen molar-refractivity contribution in [2.75, 3.05) is 13.2 Å². The summed E-state index contributed by atoms with van der Waals surface area (Å²) < 4.78 is 8.86. The largest absolute Gasteiger partial charge is 0.466 e. The monoisotopic (exact) mass is 327 g/mol. The highest BCUT2D eigenvalue weighted by Crippen LogP contribution is 2.07. The molecule has 0 aliphatic rings. The molecule has 0 atom stereocenters. The van der Waals surface area contributed by atoms with E-state index in [1.54, 1.807) is 47.8 Å². The van der Waals surface area contributed by atoms with Gasteiger partial charge in [-0.25, -0.2) is 9.67 Å². The molecule has 9 heteroatoms. The molecule has 0 spiro atoms. The Morgan fingerprint density at radius 2 is 2.17 bits per heavy atom. The molecule has 0 aliphatic carbocycles. The highest BCUT2D eigenvalue weighted by Gasteiger charge is 2.05. The first-order valence-corrected chi connectivity index (χ1v) is 7.50. The summed E-state index contributed by atoms with van der Waals surface area (Å²) in [5.41, 5.74) is 0. The third-order valence-corrected chi connectivity index (χ3v) is 3.19. The van der Waals surface area contributed by atoms with Crippen molar-refractivity contribution in [3.8, 4) is 11.7 Å². The average Bonchev–Trinajstić information content (AvgIpc) is 3.31. The van der Waals surface area contributed by atoms with Gasteiger partial charge in [-0.3, -0.25) is 4.79 Å². The van der Waals surface area contributed by atoms with Crippen LogP contribution in [0.3, 0.4) is 0 Å². The number of nitrogens with zero attached hydrogens (tertiary/aromatic N) is 6. The Balaban J connectivity index is 1.36. The number of ether oxygens (including phenoxy) is 1. The fraction of sp³-hybridized carbons (Fsp3) is 0.267. The Morgan fingerprint density at radius 1 is 1.21 bits per heavy atom. The quantitative estimate of drug-likeness (QED) is 0.603. The van der Waals surface area contributed by atoms with E-state index in [2.05, 4.69) is 25.6 Å². The number of hydrogen-bond acceptors (Lipinski definition) is 6. The van der Waals surface area contributed by atoms with Crippen LogP contribution in [0.15, 0.2) is 49.3 Å². The van der Waals surface area contributed by atoms with Crippen molar-refractivity contribution in [2.24, 2.45) is 0 Å². The van der Waals surface area contributed by atoms with Crippen LogP contribution in [0.4, 0.5) is 0 Å². The normalized spacial score (nSPS) is 10.5. The lowest BCUT2D eigenvalue weighted by Crippen LogP contribution is -2.30. The van der Waals surface area contributed by atoms with E-state index in [0.717, 1.165) is 13.0 Å². The lowest BCUT2D eigenvalue weighted by molar-refractivity contribution is -0.123. The fourth-order valence-electron chi connectivity index (χ4n) is 2.02. The third-order valence-electron chi connectivity index (χ3n) is 3.19. The number of aryl methyl sites for hydroxylation is 1. The van der Waals surface area contributed by atoms with Gasteiger partial charge in [0.15, 0.2) is 12.4 Å². The lowest BCUT2D eigenvalue weighted by Gasteiger charge is -2.07. The van der Waals surface area contributed by atoms with E-state index in [-0.39, 0.29) is 12.5 Å². The van der Waals surface area contributed by atoms with Crippen molar-refractivity contribution >= 4 is 5.91 Å². The van der Waals surface area contributed by atoms with Crippen LogP contribution in [0.25, 0.3) is 5.82 Å². The number of rotatable bonds is 8. The molecule has 124 valence electrons. The molecular formula is C15H17N7O2. The topological polar surface area (TPSA) is 99.8 Å². The zero-order valence-corrected chi connectivity index (χ0v) is 12.9. The molecule has 24 heavy (non-hydrogen) atoms. The number of aromatic nitrogens is 6. The summed E-state index contributed by atoms with van der Waals surface area (Å²) in [5, 5.41) is 14.7. The van der Waals surface area contributed by atoms with E-state index in [1.165, 1.54) is 0 Å². The molecular weight excluding hydrogens is 310 g/mol. The van der Waals surface area contributed by atoms with Gasteiger partial charge >= 0.3 is 0 Å². The van der Waals surface area contributed by atoms with Crippen LogP contribution in [-0.4, -0.2) is 48.6 Å². The molecule has 3 rings (SSSR count). The molecule has 3 aromatic rings. The minimum atomic E-state index is -0.196. The molecule has 9 nitrogen and oxygen atoms in total. The van der Waals surface area contributed by atoms with Crippen molar-refractivity contribution in [2.45, 2.75) is 13.0 Å².